The molecular formula is C12H15F3N2O. The van der Waals surface area contributed by atoms with Gasteiger partial charge in [-0.25, -0.2) is 8.78 Å². The fourth-order valence-electron chi connectivity index (χ4n) is 2.18. The summed E-state index contributed by atoms with van der Waals surface area (Å²) in [5.74, 6) is -5.10. The van der Waals surface area contributed by atoms with E-state index >= 15 is 0 Å². The molecule has 18 heavy (non-hydrogen) atoms. The van der Waals surface area contributed by atoms with Crippen molar-refractivity contribution in [1.82, 2.24) is 10.2 Å². The summed E-state index contributed by atoms with van der Waals surface area (Å²) in [5.41, 5.74) is -0.0201. The van der Waals surface area contributed by atoms with Crippen molar-refractivity contribution in [3.8, 4) is 5.75 Å². The molecule has 1 heterocycles. The topological polar surface area (TPSA) is 35.5 Å². The molecule has 0 amide bonds. The Kier molecular flexibility index (Phi) is 3.77. The van der Waals surface area contributed by atoms with Crippen LogP contribution in [0.5, 0.6) is 5.75 Å². The van der Waals surface area contributed by atoms with Gasteiger partial charge in [0.1, 0.15) is 0 Å². The Hall–Kier alpha value is -1.27. The van der Waals surface area contributed by atoms with Crippen LogP contribution in [0.15, 0.2) is 6.07 Å². The molecule has 3 nitrogen and oxygen atoms in total. The third-order valence-electron chi connectivity index (χ3n) is 3.31. The first-order valence-corrected chi connectivity index (χ1v) is 5.83. The second-order valence-electron chi connectivity index (χ2n) is 4.39. The van der Waals surface area contributed by atoms with Crippen LogP contribution >= 0.6 is 0 Å². The van der Waals surface area contributed by atoms with Gasteiger partial charge in [-0.05, 0) is 13.0 Å². The third kappa shape index (κ3) is 2.30. The summed E-state index contributed by atoms with van der Waals surface area (Å²) in [6, 6.07) is 0.407. The lowest BCUT2D eigenvalue weighted by atomic mass is 10.0. The molecular weight excluding hydrogens is 245 g/mol. The van der Waals surface area contributed by atoms with Crippen LogP contribution in [0, 0.1) is 17.5 Å². The van der Waals surface area contributed by atoms with E-state index in [-0.39, 0.29) is 5.56 Å². The van der Waals surface area contributed by atoms with Gasteiger partial charge in [-0.15, -0.1) is 0 Å². The monoisotopic (exact) mass is 260 g/mol. The van der Waals surface area contributed by atoms with E-state index in [0.29, 0.717) is 13.1 Å². The summed E-state index contributed by atoms with van der Waals surface area (Å²) in [6.07, 6.45) is 0. The van der Waals surface area contributed by atoms with Crippen molar-refractivity contribution in [1.29, 1.82) is 0 Å². The Morgan fingerprint density at radius 2 is 1.83 bits per heavy atom. The molecule has 6 heteroatoms. The summed E-state index contributed by atoms with van der Waals surface area (Å²) in [6.45, 7) is 4.63. The molecule has 2 N–H and O–H groups in total. The molecule has 1 saturated heterocycles. The van der Waals surface area contributed by atoms with Gasteiger partial charge in [0.15, 0.2) is 17.4 Å². The molecule has 0 spiro atoms. The first-order chi connectivity index (χ1) is 8.52. The molecule has 0 aliphatic carbocycles. The Bertz CT molecular complexity index is 447. The first-order valence-electron chi connectivity index (χ1n) is 5.83. The molecule has 0 bridgehead atoms. The summed E-state index contributed by atoms with van der Waals surface area (Å²) in [4.78, 5) is 1.95. The van der Waals surface area contributed by atoms with Crippen LogP contribution in [0.25, 0.3) is 0 Å². The lowest BCUT2D eigenvalue weighted by molar-refractivity contribution is 0.181. The zero-order chi connectivity index (χ0) is 13.3. The normalized spacial score (nSPS) is 18.9. The van der Waals surface area contributed by atoms with Crippen LogP contribution in [0.2, 0.25) is 0 Å². The molecule has 1 atom stereocenters. The van der Waals surface area contributed by atoms with Gasteiger partial charge < -0.3 is 10.4 Å². The summed E-state index contributed by atoms with van der Waals surface area (Å²) < 4.78 is 40.0. The minimum Gasteiger partial charge on any atom is -0.503 e. The minimum absolute atomic E-state index is 0.0201. The SMILES string of the molecule is CC(c1cc(F)c(F)c(O)c1F)N1CCNCC1. The highest BCUT2D eigenvalue weighted by Crippen LogP contribution is 2.31. The molecule has 100 valence electrons. The Balaban J connectivity index is 2.32. The number of nitrogens with zero attached hydrogens (tertiary/aromatic N) is 1. The molecule has 1 unspecified atom stereocenters. The van der Waals surface area contributed by atoms with E-state index < -0.39 is 29.2 Å². The lowest BCUT2D eigenvalue weighted by Crippen LogP contribution is -2.44. The number of phenols is 1. The van der Waals surface area contributed by atoms with Crippen molar-refractivity contribution in [2.75, 3.05) is 26.2 Å². The number of nitrogens with one attached hydrogen (secondary N) is 1. The zero-order valence-electron chi connectivity index (χ0n) is 10.0. The van der Waals surface area contributed by atoms with E-state index in [2.05, 4.69) is 5.32 Å². The Morgan fingerprint density at radius 3 is 2.44 bits per heavy atom. The van der Waals surface area contributed by atoms with Gasteiger partial charge in [0.05, 0.1) is 0 Å². The van der Waals surface area contributed by atoms with E-state index in [1.165, 1.54) is 0 Å². The number of hydrogen-bond acceptors (Lipinski definition) is 3. The highest BCUT2D eigenvalue weighted by molar-refractivity contribution is 5.34. The molecule has 1 aliphatic rings. The van der Waals surface area contributed by atoms with Gasteiger partial charge in [-0.1, -0.05) is 0 Å². The fourth-order valence-corrected chi connectivity index (χ4v) is 2.18. The zero-order valence-corrected chi connectivity index (χ0v) is 10.0. The molecule has 1 aliphatic heterocycles. The molecule has 0 aromatic heterocycles. The van der Waals surface area contributed by atoms with Gasteiger partial charge in [-0.3, -0.25) is 4.90 Å². The molecule has 2 rings (SSSR count). The number of phenolic OH excluding ortho intramolecular Hbond substituents is 1. The maximum absolute atomic E-state index is 13.7. The predicted octanol–water partition coefficient (Wildman–Crippen LogP) is 1.78. The number of rotatable bonds is 2. The van der Waals surface area contributed by atoms with Gasteiger partial charge in [0.2, 0.25) is 5.82 Å². The maximum atomic E-state index is 13.7. The van der Waals surface area contributed by atoms with E-state index in [9.17, 15) is 18.3 Å². The van der Waals surface area contributed by atoms with Crippen LogP contribution < -0.4 is 5.32 Å². The second kappa shape index (κ2) is 5.16. The van der Waals surface area contributed by atoms with Crippen molar-refractivity contribution < 1.29 is 18.3 Å². The lowest BCUT2D eigenvalue weighted by Gasteiger charge is -2.33. The number of halogens is 3. The van der Waals surface area contributed by atoms with Crippen LogP contribution in [0.3, 0.4) is 0 Å². The Labute approximate surface area is 103 Å². The van der Waals surface area contributed by atoms with Crippen molar-refractivity contribution in [3.05, 3.63) is 29.1 Å². The smallest absolute Gasteiger partial charge is 0.203 e. The summed E-state index contributed by atoms with van der Waals surface area (Å²) in [5, 5.41) is 12.3. The van der Waals surface area contributed by atoms with Crippen molar-refractivity contribution >= 4 is 0 Å². The third-order valence-corrected chi connectivity index (χ3v) is 3.31. The summed E-state index contributed by atoms with van der Waals surface area (Å²) >= 11 is 0. The van der Waals surface area contributed by atoms with Gasteiger partial charge >= 0.3 is 0 Å². The quantitative estimate of drug-likeness (QED) is 0.796. The van der Waals surface area contributed by atoms with Crippen LogP contribution in [0.1, 0.15) is 18.5 Å². The minimum atomic E-state index is -1.54. The average molecular weight is 260 g/mol. The average Bonchev–Trinajstić information content (AvgIpc) is 2.41. The number of hydrogen-bond donors (Lipinski definition) is 2. The largest absolute Gasteiger partial charge is 0.503 e. The molecule has 1 fully saturated rings. The van der Waals surface area contributed by atoms with Crippen molar-refractivity contribution in [2.24, 2.45) is 0 Å². The first kappa shape index (κ1) is 13.2. The van der Waals surface area contributed by atoms with Crippen LogP contribution in [-0.4, -0.2) is 36.2 Å². The van der Waals surface area contributed by atoms with E-state index in [1.807, 2.05) is 4.90 Å². The van der Waals surface area contributed by atoms with E-state index in [1.54, 1.807) is 6.92 Å². The predicted molar refractivity (Wildman–Crippen MR) is 60.8 cm³/mol. The van der Waals surface area contributed by atoms with Crippen LogP contribution in [0.4, 0.5) is 13.2 Å². The number of aromatic hydroxyl groups is 1. The van der Waals surface area contributed by atoms with Gasteiger partial charge in [0.25, 0.3) is 0 Å². The molecule has 1 aromatic carbocycles. The number of benzene rings is 1. The van der Waals surface area contributed by atoms with Crippen LogP contribution in [-0.2, 0) is 0 Å². The van der Waals surface area contributed by atoms with Crippen molar-refractivity contribution in [2.45, 2.75) is 13.0 Å². The maximum Gasteiger partial charge on any atom is 0.203 e. The fraction of sp³-hybridized carbons (Fsp3) is 0.500. The number of piperazine rings is 1. The molecule has 0 saturated carbocycles. The summed E-state index contributed by atoms with van der Waals surface area (Å²) in [7, 11) is 0. The van der Waals surface area contributed by atoms with E-state index in [4.69, 9.17) is 0 Å². The molecule has 1 aromatic rings. The molecule has 0 radical (unpaired) electrons. The van der Waals surface area contributed by atoms with Gasteiger partial charge in [0, 0.05) is 37.8 Å². The van der Waals surface area contributed by atoms with Crippen molar-refractivity contribution in [3.63, 3.8) is 0 Å². The van der Waals surface area contributed by atoms with E-state index in [0.717, 1.165) is 19.2 Å². The highest BCUT2D eigenvalue weighted by atomic mass is 19.2. The Morgan fingerprint density at radius 1 is 1.22 bits per heavy atom. The van der Waals surface area contributed by atoms with Gasteiger partial charge in [-0.2, -0.15) is 4.39 Å². The highest BCUT2D eigenvalue weighted by Gasteiger charge is 2.25. The standard InChI is InChI=1S/C12H15F3N2O/c1-7(17-4-2-16-3-5-17)8-6-9(13)11(15)12(18)10(8)14/h6-7,16,18H,2-5H2,1H3. The second-order valence-corrected chi connectivity index (χ2v) is 4.39.